The van der Waals surface area contributed by atoms with Crippen LogP contribution in [0.1, 0.15) is 19.8 Å². The Kier molecular flexibility index (Phi) is 4.82. The molecule has 2 heterocycles. The van der Waals surface area contributed by atoms with Crippen LogP contribution in [-0.4, -0.2) is 35.6 Å². The lowest BCUT2D eigenvalue weighted by molar-refractivity contribution is 0.277. The molecule has 94 valence electrons. The molecule has 1 aromatic heterocycles. The van der Waals surface area contributed by atoms with Crippen molar-refractivity contribution in [2.24, 2.45) is 0 Å². The Morgan fingerprint density at radius 2 is 2.35 bits per heavy atom. The summed E-state index contributed by atoms with van der Waals surface area (Å²) in [6, 6.07) is 2.67. The van der Waals surface area contributed by atoms with Crippen LogP contribution in [0.3, 0.4) is 0 Å². The van der Waals surface area contributed by atoms with Crippen LogP contribution in [0.4, 0.5) is 5.82 Å². The second-order valence-electron chi connectivity index (χ2n) is 4.29. The first-order valence-corrected chi connectivity index (χ1v) is 7.58. The smallest absolute Gasteiger partial charge is 0.140 e. The van der Waals surface area contributed by atoms with E-state index < -0.39 is 0 Å². The minimum atomic E-state index is 0.650. The Hall–Kier alpha value is -0.130. The summed E-state index contributed by atoms with van der Waals surface area (Å²) in [7, 11) is 0. The zero-order valence-corrected chi connectivity index (χ0v) is 13.1. The van der Waals surface area contributed by atoms with Gasteiger partial charge in [-0.3, -0.25) is 4.90 Å². The minimum Gasteiger partial charge on any atom is -0.368 e. The molecule has 17 heavy (non-hydrogen) atoms. The maximum Gasteiger partial charge on any atom is 0.140 e. The van der Waals surface area contributed by atoms with E-state index >= 15 is 0 Å². The summed E-state index contributed by atoms with van der Waals surface area (Å²) < 4.78 is 2.00. The quantitative estimate of drug-likeness (QED) is 0.888. The minimum absolute atomic E-state index is 0.650. The Labute approximate surface area is 119 Å². The van der Waals surface area contributed by atoms with Crippen LogP contribution in [0.2, 0.25) is 0 Å². The second-order valence-corrected chi connectivity index (χ2v) is 6.06. The molecule has 0 bridgehead atoms. The van der Waals surface area contributed by atoms with Gasteiger partial charge in [-0.15, -0.1) is 0 Å². The van der Waals surface area contributed by atoms with Gasteiger partial charge < -0.3 is 5.32 Å². The number of aromatic nitrogens is 1. The molecule has 2 rings (SSSR count). The van der Waals surface area contributed by atoms with Crippen molar-refractivity contribution >= 4 is 37.7 Å². The van der Waals surface area contributed by atoms with Gasteiger partial charge in [-0.05, 0) is 63.9 Å². The largest absolute Gasteiger partial charge is 0.368 e. The van der Waals surface area contributed by atoms with Crippen LogP contribution in [0.5, 0.6) is 0 Å². The molecule has 0 radical (unpaired) electrons. The van der Waals surface area contributed by atoms with E-state index in [1.54, 1.807) is 0 Å². The lowest BCUT2D eigenvalue weighted by atomic mass is 10.2. The Balaban J connectivity index is 1.93. The monoisotopic (exact) mass is 361 g/mol. The fourth-order valence-corrected chi connectivity index (χ4v) is 3.43. The van der Waals surface area contributed by atoms with Crippen molar-refractivity contribution in [2.75, 3.05) is 25.0 Å². The van der Waals surface area contributed by atoms with Gasteiger partial charge in [-0.1, -0.05) is 6.92 Å². The first kappa shape index (κ1) is 13.3. The van der Waals surface area contributed by atoms with Crippen molar-refractivity contribution in [3.63, 3.8) is 0 Å². The van der Waals surface area contributed by atoms with Crippen molar-refractivity contribution in [2.45, 2.75) is 25.8 Å². The van der Waals surface area contributed by atoms with Crippen molar-refractivity contribution in [3.05, 3.63) is 21.2 Å². The number of halogens is 2. The normalized spacial score (nSPS) is 20.8. The van der Waals surface area contributed by atoms with E-state index in [1.807, 2.05) is 12.3 Å². The van der Waals surface area contributed by atoms with Crippen molar-refractivity contribution in [1.29, 1.82) is 0 Å². The first-order valence-electron chi connectivity index (χ1n) is 5.99. The third kappa shape index (κ3) is 3.42. The van der Waals surface area contributed by atoms with Crippen molar-refractivity contribution in [1.82, 2.24) is 9.88 Å². The highest BCUT2D eigenvalue weighted by Crippen LogP contribution is 2.24. The summed E-state index contributed by atoms with van der Waals surface area (Å²) in [5.41, 5.74) is 0. The van der Waals surface area contributed by atoms with Gasteiger partial charge in [0.15, 0.2) is 0 Å². The summed E-state index contributed by atoms with van der Waals surface area (Å²) in [6.45, 7) is 5.58. The van der Waals surface area contributed by atoms with E-state index in [-0.39, 0.29) is 0 Å². The number of hydrogen-bond donors (Lipinski definition) is 1. The predicted octanol–water partition coefficient (Wildman–Crippen LogP) is 3.50. The topological polar surface area (TPSA) is 28.2 Å². The summed E-state index contributed by atoms with van der Waals surface area (Å²) >= 11 is 6.93. The van der Waals surface area contributed by atoms with E-state index in [4.69, 9.17) is 0 Å². The average Bonchev–Trinajstić information content (AvgIpc) is 2.75. The molecule has 1 fully saturated rings. The van der Waals surface area contributed by atoms with E-state index in [0.717, 1.165) is 27.9 Å². The highest BCUT2D eigenvalue weighted by molar-refractivity contribution is 9.11. The lowest BCUT2D eigenvalue weighted by Crippen LogP contribution is -2.34. The molecule has 0 saturated carbocycles. The number of hydrogen-bond acceptors (Lipinski definition) is 3. The average molecular weight is 363 g/mol. The standard InChI is InChI=1S/C12H17Br2N3/c1-2-17-5-3-4-10(17)8-16-12-11(14)6-9(13)7-15-12/h6-7,10H,2-5,8H2,1H3,(H,15,16). The molecule has 1 aromatic rings. The Morgan fingerprint density at radius 3 is 3.06 bits per heavy atom. The van der Waals surface area contributed by atoms with E-state index in [2.05, 4.69) is 54.0 Å². The zero-order valence-electron chi connectivity index (χ0n) is 9.92. The molecule has 1 N–H and O–H groups in total. The Bertz CT molecular complexity index is 384. The molecule has 3 nitrogen and oxygen atoms in total. The summed E-state index contributed by atoms with van der Waals surface area (Å²) in [6.07, 6.45) is 4.42. The third-order valence-corrected chi connectivity index (χ3v) is 4.26. The maximum absolute atomic E-state index is 4.37. The molecule has 1 aliphatic heterocycles. The molecule has 5 heteroatoms. The highest BCUT2D eigenvalue weighted by Gasteiger charge is 2.22. The lowest BCUT2D eigenvalue weighted by Gasteiger charge is -2.23. The van der Waals surface area contributed by atoms with Gasteiger partial charge in [-0.2, -0.15) is 0 Å². The molecule has 1 unspecified atom stereocenters. The fourth-order valence-electron chi connectivity index (χ4n) is 2.30. The van der Waals surface area contributed by atoms with Crippen LogP contribution < -0.4 is 5.32 Å². The van der Waals surface area contributed by atoms with E-state index in [1.165, 1.54) is 19.4 Å². The number of nitrogens with one attached hydrogen (secondary N) is 1. The van der Waals surface area contributed by atoms with Gasteiger partial charge in [0.1, 0.15) is 5.82 Å². The molecule has 0 amide bonds. The number of anilines is 1. The maximum atomic E-state index is 4.37. The second kappa shape index (κ2) is 6.16. The molecule has 1 atom stereocenters. The van der Waals surface area contributed by atoms with Gasteiger partial charge in [0.2, 0.25) is 0 Å². The van der Waals surface area contributed by atoms with Gasteiger partial charge in [0, 0.05) is 23.3 Å². The number of likely N-dealkylation sites (N-methyl/N-ethyl adjacent to an activating group) is 1. The third-order valence-electron chi connectivity index (χ3n) is 3.22. The van der Waals surface area contributed by atoms with Gasteiger partial charge in [0.05, 0.1) is 4.47 Å². The van der Waals surface area contributed by atoms with Crippen molar-refractivity contribution < 1.29 is 0 Å². The number of likely N-dealkylation sites (tertiary alicyclic amines) is 1. The molecule has 0 aliphatic carbocycles. The van der Waals surface area contributed by atoms with Crippen LogP contribution in [0.25, 0.3) is 0 Å². The van der Waals surface area contributed by atoms with E-state index in [0.29, 0.717) is 6.04 Å². The van der Waals surface area contributed by atoms with Gasteiger partial charge in [0.25, 0.3) is 0 Å². The van der Waals surface area contributed by atoms with Crippen LogP contribution in [0, 0.1) is 0 Å². The molecule has 1 aliphatic rings. The Morgan fingerprint density at radius 1 is 1.53 bits per heavy atom. The predicted molar refractivity (Wildman–Crippen MR) is 78.4 cm³/mol. The van der Waals surface area contributed by atoms with Crippen LogP contribution in [0.15, 0.2) is 21.2 Å². The first-order chi connectivity index (χ1) is 8.20. The van der Waals surface area contributed by atoms with Gasteiger partial charge in [-0.25, -0.2) is 4.98 Å². The molecule has 0 aromatic carbocycles. The SMILES string of the molecule is CCN1CCCC1CNc1ncc(Br)cc1Br. The summed E-state index contributed by atoms with van der Waals surface area (Å²) in [5, 5.41) is 3.43. The zero-order chi connectivity index (χ0) is 12.3. The number of nitrogens with zero attached hydrogens (tertiary/aromatic N) is 2. The fraction of sp³-hybridized carbons (Fsp3) is 0.583. The molecular formula is C12H17Br2N3. The highest BCUT2D eigenvalue weighted by atomic mass is 79.9. The van der Waals surface area contributed by atoms with Crippen LogP contribution in [-0.2, 0) is 0 Å². The number of rotatable bonds is 4. The van der Waals surface area contributed by atoms with Gasteiger partial charge >= 0.3 is 0 Å². The summed E-state index contributed by atoms with van der Waals surface area (Å²) in [5.74, 6) is 0.927. The summed E-state index contributed by atoms with van der Waals surface area (Å²) in [4.78, 5) is 6.89. The molecule has 0 spiro atoms. The van der Waals surface area contributed by atoms with Crippen molar-refractivity contribution in [3.8, 4) is 0 Å². The van der Waals surface area contributed by atoms with E-state index in [9.17, 15) is 0 Å². The molecule has 1 saturated heterocycles. The van der Waals surface area contributed by atoms with Crippen LogP contribution >= 0.6 is 31.9 Å². The number of pyridine rings is 1. The molecular weight excluding hydrogens is 346 g/mol.